The molecular formula is C48H62N18O. The van der Waals surface area contributed by atoms with E-state index >= 15 is 0 Å². The minimum Gasteiger partial charge on any atom is -0.379 e. The number of nitrogens with one attached hydrogen (secondary N) is 2. The maximum Gasteiger partial charge on any atom is 0.230 e. The molecule has 2 aliphatic heterocycles. The number of nitrogens with zero attached hydrogens (tertiary/aromatic N) is 15. The van der Waals surface area contributed by atoms with Gasteiger partial charge in [0, 0.05) is 101 Å². The van der Waals surface area contributed by atoms with E-state index in [4.69, 9.17) is 30.4 Å². The Morgan fingerprint density at radius 3 is 1.75 bits per heavy atom. The first-order valence-corrected chi connectivity index (χ1v) is 23.4. The van der Waals surface area contributed by atoms with Crippen molar-refractivity contribution in [3.8, 4) is 11.4 Å². The summed E-state index contributed by atoms with van der Waals surface area (Å²) in [4.78, 5) is 26.3. The SMILES string of the molecule is CC(C)c1cnn2c(NCc3ccccc3-n3cccn3)nc(N(C)CCN3CCOCC3)nc12.CC(C)c1cnn2c(NCc3ccccc3-n3cccn3)nc(N3CCC(N)CC3)nc12. The lowest BCUT2D eigenvalue weighted by Crippen LogP contribution is -2.41. The van der Waals surface area contributed by atoms with Gasteiger partial charge in [-0.2, -0.15) is 49.4 Å². The molecular weight excluding hydrogens is 845 g/mol. The number of rotatable bonds is 15. The Morgan fingerprint density at radius 2 is 1.21 bits per heavy atom. The molecule has 0 amide bonds. The van der Waals surface area contributed by atoms with E-state index in [0.717, 1.165) is 116 Å². The quantitative estimate of drug-likeness (QED) is 0.112. The van der Waals surface area contributed by atoms with Crippen molar-refractivity contribution in [3.63, 3.8) is 0 Å². The summed E-state index contributed by atoms with van der Waals surface area (Å²) in [5.41, 5.74) is 14.3. The fraction of sp³-hybridized carbons (Fsp3) is 0.417. The van der Waals surface area contributed by atoms with E-state index in [1.54, 1.807) is 12.4 Å². The molecule has 0 aliphatic carbocycles. The average molecular weight is 907 g/mol. The van der Waals surface area contributed by atoms with Crippen LogP contribution in [0.25, 0.3) is 22.7 Å². The van der Waals surface area contributed by atoms with Gasteiger partial charge in [0.15, 0.2) is 11.3 Å². The predicted octanol–water partition coefficient (Wildman–Crippen LogP) is 5.79. The number of para-hydroxylation sites is 2. The second kappa shape index (κ2) is 20.7. The highest BCUT2D eigenvalue weighted by Crippen LogP contribution is 2.27. The van der Waals surface area contributed by atoms with Gasteiger partial charge in [-0.25, -0.2) is 9.36 Å². The van der Waals surface area contributed by atoms with E-state index in [-0.39, 0.29) is 6.04 Å². The van der Waals surface area contributed by atoms with Crippen LogP contribution in [0, 0.1) is 0 Å². The molecule has 10 rings (SSSR count). The zero-order valence-corrected chi connectivity index (χ0v) is 39.1. The van der Waals surface area contributed by atoms with Crippen LogP contribution in [0.3, 0.4) is 0 Å². The maximum atomic E-state index is 6.11. The Hall–Kier alpha value is -6.96. The summed E-state index contributed by atoms with van der Waals surface area (Å²) < 4.78 is 12.8. The van der Waals surface area contributed by atoms with E-state index in [0.29, 0.717) is 42.8 Å². The van der Waals surface area contributed by atoms with Crippen molar-refractivity contribution >= 4 is 35.1 Å². The topological polar surface area (TPSA) is 191 Å². The van der Waals surface area contributed by atoms with Gasteiger partial charge in [-0.1, -0.05) is 64.1 Å². The predicted molar refractivity (Wildman–Crippen MR) is 261 cm³/mol. The zero-order chi connectivity index (χ0) is 46.3. The lowest BCUT2D eigenvalue weighted by Gasteiger charge is -2.30. The molecule has 67 heavy (non-hydrogen) atoms. The van der Waals surface area contributed by atoms with Gasteiger partial charge in [0.25, 0.3) is 0 Å². The third-order valence-corrected chi connectivity index (χ3v) is 12.4. The molecule has 350 valence electrons. The van der Waals surface area contributed by atoms with Crippen molar-refractivity contribution in [3.05, 3.63) is 120 Å². The number of benzene rings is 2. The summed E-state index contributed by atoms with van der Waals surface area (Å²) in [7, 11) is 2.05. The first-order chi connectivity index (χ1) is 32.7. The average Bonchev–Trinajstić information content (AvgIpc) is 4.21. The Bertz CT molecular complexity index is 2820. The Labute approximate surface area is 391 Å². The molecule has 0 spiro atoms. The normalized spacial score (nSPS) is 14.8. The molecule has 0 unspecified atom stereocenters. The van der Waals surface area contributed by atoms with Crippen molar-refractivity contribution < 1.29 is 4.74 Å². The van der Waals surface area contributed by atoms with Crippen molar-refractivity contribution in [2.75, 3.05) is 80.0 Å². The smallest absolute Gasteiger partial charge is 0.230 e. The molecule has 0 radical (unpaired) electrons. The molecule has 0 saturated carbocycles. The van der Waals surface area contributed by atoms with Gasteiger partial charge in [0.05, 0.1) is 37.0 Å². The fourth-order valence-corrected chi connectivity index (χ4v) is 8.38. The summed E-state index contributed by atoms with van der Waals surface area (Å²) in [6.45, 7) is 16.9. The Morgan fingerprint density at radius 1 is 0.672 bits per heavy atom. The maximum absolute atomic E-state index is 6.11. The third-order valence-electron chi connectivity index (χ3n) is 12.4. The molecule has 2 aromatic carbocycles. The van der Waals surface area contributed by atoms with Gasteiger partial charge in [-0.15, -0.1) is 0 Å². The summed E-state index contributed by atoms with van der Waals surface area (Å²) in [6.07, 6.45) is 13.2. The molecule has 19 nitrogen and oxygen atoms in total. The first-order valence-electron chi connectivity index (χ1n) is 23.4. The van der Waals surface area contributed by atoms with Crippen molar-refractivity contribution in [1.29, 1.82) is 0 Å². The highest BCUT2D eigenvalue weighted by atomic mass is 16.5. The van der Waals surface area contributed by atoms with Crippen LogP contribution in [0.4, 0.5) is 23.8 Å². The first kappa shape index (κ1) is 45.2. The Kier molecular flexibility index (Phi) is 14.0. The highest BCUT2D eigenvalue weighted by Gasteiger charge is 2.23. The summed E-state index contributed by atoms with van der Waals surface area (Å²) in [5.74, 6) is 3.40. The van der Waals surface area contributed by atoms with Crippen LogP contribution in [-0.4, -0.2) is 129 Å². The number of morpholine rings is 1. The molecule has 19 heteroatoms. The molecule has 2 saturated heterocycles. The van der Waals surface area contributed by atoms with E-state index < -0.39 is 0 Å². The van der Waals surface area contributed by atoms with Gasteiger partial charge in [-0.3, -0.25) is 4.90 Å². The number of nitrogens with two attached hydrogens (primary N) is 1. The number of hydrogen-bond acceptors (Lipinski definition) is 15. The number of piperidine rings is 1. The van der Waals surface area contributed by atoms with Gasteiger partial charge < -0.3 is 30.9 Å². The molecule has 2 aliphatic rings. The van der Waals surface area contributed by atoms with Gasteiger partial charge in [0.1, 0.15) is 0 Å². The van der Waals surface area contributed by atoms with Crippen LogP contribution in [0.5, 0.6) is 0 Å². The van der Waals surface area contributed by atoms with Gasteiger partial charge in [0.2, 0.25) is 23.8 Å². The summed E-state index contributed by atoms with van der Waals surface area (Å²) in [6, 6.07) is 20.5. The molecule has 4 N–H and O–H groups in total. The van der Waals surface area contributed by atoms with Crippen LogP contribution in [-0.2, 0) is 17.8 Å². The largest absolute Gasteiger partial charge is 0.379 e. The molecule has 8 aromatic rings. The lowest BCUT2D eigenvalue weighted by molar-refractivity contribution is 0.0392. The van der Waals surface area contributed by atoms with Gasteiger partial charge in [-0.05, 0) is 60.1 Å². The molecule has 6 aromatic heterocycles. The molecule has 0 bridgehead atoms. The number of ether oxygens (including phenoxy) is 1. The van der Waals surface area contributed by atoms with E-state index in [1.165, 1.54) is 0 Å². The second-order valence-electron chi connectivity index (χ2n) is 17.7. The van der Waals surface area contributed by atoms with Crippen LogP contribution in [0.15, 0.2) is 97.8 Å². The standard InChI is InChI=1S/C25H33N9O.C23H29N9/c1-19(2)21-18-28-34-23(21)29-25(31(3)11-12-32-13-15-35-16-14-32)30-24(34)26-17-20-7-4-5-8-22(20)33-10-6-9-27-33;1-16(2)19-15-27-32-21(19)28-23(30-12-8-18(24)9-13-30)29-22(32)25-14-17-6-3-4-7-20(17)31-11-5-10-26-31/h4-10,18-19H,11-17H2,1-3H3,(H,26,29,30);3-7,10-11,15-16,18H,8-9,12-14,24H2,1-2H3,(H,25,28,29). The molecule has 8 heterocycles. The van der Waals surface area contributed by atoms with Crippen LogP contribution >= 0.6 is 0 Å². The van der Waals surface area contributed by atoms with Gasteiger partial charge >= 0.3 is 0 Å². The monoisotopic (exact) mass is 907 g/mol. The van der Waals surface area contributed by atoms with E-state index in [9.17, 15) is 0 Å². The summed E-state index contributed by atoms with van der Waals surface area (Å²) >= 11 is 0. The van der Waals surface area contributed by atoms with E-state index in [2.05, 4.69) is 105 Å². The lowest BCUT2D eigenvalue weighted by atomic mass is 10.1. The number of anilines is 4. The van der Waals surface area contributed by atoms with Crippen LogP contribution in [0.2, 0.25) is 0 Å². The number of fused-ring (bicyclic) bond motifs is 2. The van der Waals surface area contributed by atoms with Crippen LogP contribution < -0.4 is 26.2 Å². The van der Waals surface area contributed by atoms with Crippen molar-refractivity contribution in [2.45, 2.75) is 71.5 Å². The Balaban J connectivity index is 0.000000169. The highest BCUT2D eigenvalue weighted by molar-refractivity contribution is 5.58. The molecule has 0 atom stereocenters. The van der Waals surface area contributed by atoms with Crippen LogP contribution in [0.1, 0.15) is 74.6 Å². The minimum absolute atomic E-state index is 0.257. The summed E-state index contributed by atoms with van der Waals surface area (Å²) in [5, 5.41) is 25.0. The van der Waals surface area contributed by atoms with E-state index in [1.807, 2.05) is 79.6 Å². The number of hydrogen-bond donors (Lipinski definition) is 3. The number of likely N-dealkylation sites (N-methyl/N-ethyl adjacent to an activating group) is 1. The van der Waals surface area contributed by atoms with Crippen molar-refractivity contribution in [2.24, 2.45) is 5.73 Å². The molecule has 2 fully saturated rings. The van der Waals surface area contributed by atoms with Crippen molar-refractivity contribution in [1.82, 2.24) is 63.6 Å². The number of aromatic nitrogens is 12. The fourth-order valence-electron chi connectivity index (χ4n) is 8.38. The minimum atomic E-state index is 0.257. The second-order valence-corrected chi connectivity index (χ2v) is 17.7. The third kappa shape index (κ3) is 10.4. The zero-order valence-electron chi connectivity index (χ0n) is 39.1.